The zero-order chi connectivity index (χ0) is 18.6. The van der Waals surface area contributed by atoms with Crippen LogP contribution in [-0.4, -0.2) is 74.0 Å². The first kappa shape index (κ1) is 21.9. The number of methoxy groups -OCH3 is 2. The normalized spacial score (nSPS) is 10.6. The van der Waals surface area contributed by atoms with E-state index in [1.165, 1.54) is 26.4 Å². The number of anilines is 1. The summed E-state index contributed by atoms with van der Waals surface area (Å²) in [6, 6.07) is 21.5. The van der Waals surface area contributed by atoms with E-state index in [1.54, 1.807) is 18.2 Å². The molecule has 5 nitrogen and oxygen atoms in total. The van der Waals surface area contributed by atoms with E-state index >= 15 is 0 Å². The van der Waals surface area contributed by atoms with Crippen LogP contribution >= 0.6 is 0 Å². The summed E-state index contributed by atoms with van der Waals surface area (Å²) in [5, 5.41) is 0. The molecule has 0 atom stereocenters. The monoisotopic (exact) mass is 409 g/mol. The zero-order valence-corrected chi connectivity index (χ0v) is 15.3. The summed E-state index contributed by atoms with van der Waals surface area (Å²) < 4.78 is 38.4. The van der Waals surface area contributed by atoms with Gasteiger partial charge >= 0.3 is 51.4 Å². The van der Waals surface area contributed by atoms with Crippen molar-refractivity contribution in [1.29, 1.82) is 0 Å². The summed E-state index contributed by atoms with van der Waals surface area (Å²) in [5.74, 6) is 0.825. The Kier molecular flexibility index (Phi) is 7.90. The quantitative estimate of drug-likeness (QED) is 0.633. The summed E-state index contributed by atoms with van der Waals surface area (Å²) >= 11 is 0. The fraction of sp³-hybridized carbons (Fsp3) is 0.100. The van der Waals surface area contributed by atoms with Gasteiger partial charge in [0.15, 0.2) is 11.5 Å². The van der Waals surface area contributed by atoms with Gasteiger partial charge in [-0.3, -0.25) is 4.72 Å². The van der Waals surface area contributed by atoms with Crippen LogP contribution in [0.5, 0.6) is 11.5 Å². The number of benzene rings is 3. The van der Waals surface area contributed by atoms with Crippen LogP contribution in [0.2, 0.25) is 0 Å². The molecule has 136 valence electrons. The van der Waals surface area contributed by atoms with Crippen LogP contribution in [0.3, 0.4) is 0 Å². The van der Waals surface area contributed by atoms with E-state index in [2.05, 4.69) is 4.72 Å². The van der Waals surface area contributed by atoms with E-state index < -0.39 is 10.0 Å². The maximum absolute atomic E-state index is 12.7. The van der Waals surface area contributed by atoms with Gasteiger partial charge in [0, 0.05) is 11.8 Å². The third-order valence-corrected chi connectivity index (χ3v) is 5.27. The van der Waals surface area contributed by atoms with E-state index in [4.69, 9.17) is 9.47 Å². The summed E-state index contributed by atoms with van der Waals surface area (Å²) in [7, 11) is -0.793. The Labute approximate surface area is 202 Å². The van der Waals surface area contributed by atoms with E-state index in [-0.39, 0.29) is 56.3 Å². The van der Waals surface area contributed by atoms with Crippen molar-refractivity contribution < 1.29 is 17.9 Å². The van der Waals surface area contributed by atoms with Crippen molar-refractivity contribution in [3.8, 4) is 22.6 Å². The van der Waals surface area contributed by atoms with E-state index in [0.717, 1.165) is 11.1 Å². The van der Waals surface area contributed by atoms with Crippen LogP contribution in [0.15, 0.2) is 77.7 Å². The van der Waals surface area contributed by atoms with Gasteiger partial charge in [0.1, 0.15) is 0 Å². The molecule has 0 spiro atoms. The third-order valence-electron chi connectivity index (χ3n) is 3.89. The Morgan fingerprint density at radius 1 is 0.741 bits per heavy atom. The molecule has 3 aromatic carbocycles. The van der Waals surface area contributed by atoms with Crippen molar-refractivity contribution in [1.82, 2.24) is 0 Å². The number of rotatable bonds is 6. The van der Waals surface area contributed by atoms with Crippen LogP contribution in [0.1, 0.15) is 0 Å². The SMILES string of the molecule is COc1ccc(S(=O)(=O)Nc2cccc(-c3ccccc3)c2)cc1OC.[KH]. The van der Waals surface area contributed by atoms with Gasteiger partial charge in [-0.2, -0.15) is 0 Å². The Balaban J connectivity index is 0.00000261. The van der Waals surface area contributed by atoms with Gasteiger partial charge < -0.3 is 9.47 Å². The van der Waals surface area contributed by atoms with Gasteiger partial charge in [0.05, 0.1) is 19.1 Å². The van der Waals surface area contributed by atoms with Crippen LogP contribution in [-0.2, 0) is 10.0 Å². The number of hydrogen-bond donors (Lipinski definition) is 1. The molecule has 0 saturated carbocycles. The van der Waals surface area contributed by atoms with Crippen molar-refractivity contribution in [2.24, 2.45) is 0 Å². The summed E-state index contributed by atoms with van der Waals surface area (Å²) in [6.07, 6.45) is 0. The molecule has 3 rings (SSSR count). The molecule has 0 amide bonds. The van der Waals surface area contributed by atoms with Gasteiger partial charge in [0.2, 0.25) is 0 Å². The molecule has 7 heteroatoms. The second kappa shape index (κ2) is 9.72. The molecule has 0 aliphatic rings. The fourth-order valence-electron chi connectivity index (χ4n) is 2.59. The molecule has 0 aromatic heterocycles. The van der Waals surface area contributed by atoms with Crippen LogP contribution < -0.4 is 14.2 Å². The third kappa shape index (κ3) is 5.34. The molecule has 0 aliphatic heterocycles. The minimum absolute atomic E-state index is 0. The zero-order valence-electron chi connectivity index (χ0n) is 14.5. The molecule has 0 heterocycles. The first-order valence-electron chi connectivity index (χ1n) is 7.94. The maximum atomic E-state index is 12.7. The van der Waals surface area contributed by atoms with Crippen LogP contribution in [0.4, 0.5) is 5.69 Å². The van der Waals surface area contributed by atoms with Crippen molar-refractivity contribution >= 4 is 67.1 Å². The van der Waals surface area contributed by atoms with E-state index in [9.17, 15) is 8.42 Å². The molecule has 3 aromatic rings. The predicted molar refractivity (Wildman–Crippen MR) is 109 cm³/mol. The van der Waals surface area contributed by atoms with Gasteiger partial charge in [-0.25, -0.2) is 8.42 Å². The second-order valence-corrected chi connectivity index (χ2v) is 7.25. The van der Waals surface area contributed by atoms with Gasteiger partial charge in [0.25, 0.3) is 10.0 Å². The first-order chi connectivity index (χ1) is 12.5. The molecule has 0 aliphatic carbocycles. The van der Waals surface area contributed by atoms with Crippen molar-refractivity contribution in [2.75, 3.05) is 18.9 Å². The molecule has 0 fully saturated rings. The Bertz CT molecular complexity index is 1010. The van der Waals surface area contributed by atoms with Crippen molar-refractivity contribution in [2.45, 2.75) is 4.90 Å². The Morgan fingerprint density at radius 3 is 2.07 bits per heavy atom. The molecule has 27 heavy (non-hydrogen) atoms. The molecular weight excluding hydrogens is 389 g/mol. The van der Waals surface area contributed by atoms with Crippen LogP contribution in [0, 0.1) is 0 Å². The van der Waals surface area contributed by atoms with Crippen LogP contribution in [0.25, 0.3) is 11.1 Å². The number of hydrogen-bond acceptors (Lipinski definition) is 4. The molecule has 0 bridgehead atoms. The van der Waals surface area contributed by atoms with E-state index in [0.29, 0.717) is 17.2 Å². The molecule has 0 radical (unpaired) electrons. The standard InChI is InChI=1S/C20H19NO4S.K.H/c1-24-19-12-11-18(14-20(19)25-2)26(22,23)21-17-10-6-9-16(13-17)15-7-4-3-5-8-15;;/h3-14,21H,1-2H3;;. The average Bonchev–Trinajstić information content (AvgIpc) is 2.68. The second-order valence-electron chi connectivity index (χ2n) is 5.57. The fourth-order valence-corrected chi connectivity index (χ4v) is 3.66. The molecule has 1 N–H and O–H groups in total. The Morgan fingerprint density at radius 2 is 1.41 bits per heavy atom. The van der Waals surface area contributed by atoms with E-state index in [1.807, 2.05) is 42.5 Å². The molecule has 0 unspecified atom stereocenters. The van der Waals surface area contributed by atoms with Gasteiger partial charge in [-0.05, 0) is 35.4 Å². The van der Waals surface area contributed by atoms with Gasteiger partial charge in [-0.15, -0.1) is 0 Å². The Hall–Kier alpha value is -1.35. The average molecular weight is 410 g/mol. The predicted octanol–water partition coefficient (Wildman–Crippen LogP) is 3.52. The summed E-state index contributed by atoms with van der Waals surface area (Å²) in [6.45, 7) is 0. The number of ether oxygens (including phenoxy) is 2. The summed E-state index contributed by atoms with van der Waals surface area (Å²) in [5.41, 5.74) is 2.43. The molecular formula is C20H20KNO4S. The summed E-state index contributed by atoms with van der Waals surface area (Å²) in [4.78, 5) is 0.0975. The first-order valence-corrected chi connectivity index (χ1v) is 9.42. The molecule has 0 saturated heterocycles. The van der Waals surface area contributed by atoms with Crippen molar-refractivity contribution in [3.63, 3.8) is 0 Å². The minimum atomic E-state index is -3.76. The topological polar surface area (TPSA) is 64.6 Å². The van der Waals surface area contributed by atoms with Gasteiger partial charge in [-0.1, -0.05) is 42.5 Å². The number of sulfonamides is 1. The number of nitrogens with one attached hydrogen (secondary N) is 1. The van der Waals surface area contributed by atoms with Crippen molar-refractivity contribution in [3.05, 3.63) is 72.8 Å².